The van der Waals surface area contributed by atoms with Crippen molar-refractivity contribution in [3.8, 4) is 5.88 Å². The lowest BCUT2D eigenvalue weighted by Gasteiger charge is -2.40. The third-order valence-electron chi connectivity index (χ3n) is 5.47. The Morgan fingerprint density at radius 3 is 2.96 bits per heavy atom. The molecule has 25 heavy (non-hydrogen) atoms. The average Bonchev–Trinajstić information content (AvgIpc) is 2.66. The Morgan fingerprint density at radius 2 is 2.08 bits per heavy atom. The minimum Gasteiger partial charge on any atom is -0.478 e. The van der Waals surface area contributed by atoms with E-state index in [0.717, 1.165) is 76.6 Å². The van der Waals surface area contributed by atoms with E-state index in [2.05, 4.69) is 11.0 Å². The number of hydrogen-bond donors (Lipinski definition) is 0. The van der Waals surface area contributed by atoms with E-state index in [4.69, 9.17) is 14.5 Å². The largest absolute Gasteiger partial charge is 0.478 e. The van der Waals surface area contributed by atoms with Crippen molar-refractivity contribution in [2.24, 2.45) is 0 Å². The molecule has 1 unspecified atom stereocenters. The van der Waals surface area contributed by atoms with E-state index in [1.54, 1.807) is 0 Å². The van der Waals surface area contributed by atoms with Gasteiger partial charge in [0, 0.05) is 45.1 Å². The zero-order valence-electron chi connectivity index (χ0n) is 14.8. The predicted octanol–water partition coefficient (Wildman–Crippen LogP) is 1.79. The van der Waals surface area contributed by atoms with Crippen LogP contribution >= 0.6 is 0 Å². The number of aromatic nitrogens is 1. The van der Waals surface area contributed by atoms with Gasteiger partial charge in [-0.05, 0) is 30.9 Å². The quantitative estimate of drug-likeness (QED) is 0.762. The van der Waals surface area contributed by atoms with Crippen LogP contribution in [-0.4, -0.2) is 66.7 Å². The lowest BCUT2D eigenvalue weighted by Crippen LogP contribution is -2.42. The fourth-order valence-corrected chi connectivity index (χ4v) is 4.12. The van der Waals surface area contributed by atoms with E-state index < -0.39 is 0 Å². The zero-order chi connectivity index (χ0) is 17.1. The molecule has 0 aliphatic carbocycles. The molecule has 6 nitrogen and oxygen atoms in total. The Hall–Kier alpha value is -1.66. The zero-order valence-corrected chi connectivity index (χ0v) is 14.8. The van der Waals surface area contributed by atoms with Gasteiger partial charge in [0.05, 0.1) is 31.6 Å². The van der Waals surface area contributed by atoms with Crippen molar-refractivity contribution in [2.75, 3.05) is 46.0 Å². The number of pyridine rings is 1. The first-order valence-corrected chi connectivity index (χ1v) is 9.53. The summed E-state index contributed by atoms with van der Waals surface area (Å²) in [6.45, 7) is 6.26. The van der Waals surface area contributed by atoms with Crippen LogP contribution in [0.25, 0.3) is 0 Å². The Kier molecular flexibility index (Phi) is 5.17. The Balaban J connectivity index is 1.31. The van der Waals surface area contributed by atoms with Crippen LogP contribution < -0.4 is 4.74 Å². The highest BCUT2D eigenvalue weighted by molar-refractivity contribution is 5.78. The summed E-state index contributed by atoms with van der Waals surface area (Å²) in [5.41, 5.74) is 2.33. The third kappa shape index (κ3) is 3.80. The summed E-state index contributed by atoms with van der Waals surface area (Å²) >= 11 is 0. The van der Waals surface area contributed by atoms with Crippen LogP contribution in [-0.2, 0) is 16.0 Å². The SMILES string of the molecule is O=C1CCCC2c3ccc(OCCCN4CCOCC4)nc3CCN12. The number of carbonyl (C=O) groups excluding carboxylic acids is 1. The summed E-state index contributed by atoms with van der Waals surface area (Å²) in [7, 11) is 0. The van der Waals surface area contributed by atoms with Gasteiger partial charge in [0.15, 0.2) is 0 Å². The molecule has 3 aliphatic rings. The molecule has 4 rings (SSSR count). The van der Waals surface area contributed by atoms with Crippen LogP contribution in [0.2, 0.25) is 0 Å². The van der Waals surface area contributed by atoms with Crippen molar-refractivity contribution in [1.29, 1.82) is 0 Å². The van der Waals surface area contributed by atoms with E-state index in [9.17, 15) is 4.79 Å². The first-order chi connectivity index (χ1) is 12.3. The predicted molar refractivity (Wildman–Crippen MR) is 93.6 cm³/mol. The van der Waals surface area contributed by atoms with Gasteiger partial charge in [-0.3, -0.25) is 9.69 Å². The van der Waals surface area contributed by atoms with Gasteiger partial charge < -0.3 is 14.4 Å². The third-order valence-corrected chi connectivity index (χ3v) is 5.47. The molecule has 0 aromatic carbocycles. The van der Waals surface area contributed by atoms with Gasteiger partial charge in [0.25, 0.3) is 0 Å². The molecule has 1 aromatic heterocycles. The van der Waals surface area contributed by atoms with Gasteiger partial charge in [-0.2, -0.15) is 0 Å². The number of morpholine rings is 1. The van der Waals surface area contributed by atoms with Crippen LogP contribution in [0.4, 0.5) is 0 Å². The van der Waals surface area contributed by atoms with Crippen LogP contribution in [0, 0.1) is 0 Å². The van der Waals surface area contributed by atoms with Gasteiger partial charge in [0.2, 0.25) is 11.8 Å². The van der Waals surface area contributed by atoms with Crippen LogP contribution in [0.5, 0.6) is 5.88 Å². The number of amides is 1. The molecule has 1 aromatic rings. The fourth-order valence-electron chi connectivity index (χ4n) is 4.12. The van der Waals surface area contributed by atoms with Gasteiger partial charge >= 0.3 is 0 Å². The molecule has 0 N–H and O–H groups in total. The van der Waals surface area contributed by atoms with Crippen LogP contribution in [0.15, 0.2) is 12.1 Å². The molecule has 0 saturated carbocycles. The topological polar surface area (TPSA) is 54.9 Å². The number of rotatable bonds is 5. The second-order valence-electron chi connectivity index (χ2n) is 7.09. The Morgan fingerprint density at radius 1 is 1.20 bits per heavy atom. The highest BCUT2D eigenvalue weighted by atomic mass is 16.5. The molecular formula is C19H27N3O3. The minimum absolute atomic E-state index is 0.230. The molecule has 3 aliphatic heterocycles. The van der Waals surface area contributed by atoms with Crippen molar-refractivity contribution in [3.05, 3.63) is 23.4 Å². The summed E-state index contributed by atoms with van der Waals surface area (Å²) in [6.07, 6.45) is 4.58. The van der Waals surface area contributed by atoms with E-state index in [1.165, 1.54) is 5.56 Å². The lowest BCUT2D eigenvalue weighted by atomic mass is 9.89. The highest BCUT2D eigenvalue weighted by Gasteiger charge is 2.34. The minimum atomic E-state index is 0.230. The molecule has 0 radical (unpaired) electrons. The van der Waals surface area contributed by atoms with Gasteiger partial charge in [-0.1, -0.05) is 0 Å². The Labute approximate surface area is 149 Å². The summed E-state index contributed by atoms with van der Waals surface area (Å²) in [5.74, 6) is 1.02. The highest BCUT2D eigenvalue weighted by Crippen LogP contribution is 2.37. The molecule has 6 heteroatoms. The molecular weight excluding hydrogens is 318 g/mol. The summed E-state index contributed by atoms with van der Waals surface area (Å²) < 4.78 is 11.2. The molecule has 4 heterocycles. The van der Waals surface area contributed by atoms with Crippen molar-refractivity contribution >= 4 is 5.91 Å². The van der Waals surface area contributed by atoms with E-state index >= 15 is 0 Å². The molecule has 2 saturated heterocycles. The smallest absolute Gasteiger partial charge is 0.223 e. The summed E-state index contributed by atoms with van der Waals surface area (Å²) in [4.78, 5) is 21.3. The number of nitrogens with zero attached hydrogens (tertiary/aromatic N) is 3. The maximum Gasteiger partial charge on any atom is 0.223 e. The van der Waals surface area contributed by atoms with E-state index in [1.807, 2.05) is 11.0 Å². The number of fused-ring (bicyclic) bond motifs is 3. The molecule has 1 amide bonds. The monoisotopic (exact) mass is 345 g/mol. The lowest BCUT2D eigenvalue weighted by molar-refractivity contribution is -0.137. The van der Waals surface area contributed by atoms with Crippen LogP contribution in [0.1, 0.15) is 43.0 Å². The first-order valence-electron chi connectivity index (χ1n) is 9.53. The maximum atomic E-state index is 12.1. The van der Waals surface area contributed by atoms with Crippen molar-refractivity contribution in [3.63, 3.8) is 0 Å². The second kappa shape index (κ2) is 7.70. The first kappa shape index (κ1) is 16.8. The van der Waals surface area contributed by atoms with Crippen molar-refractivity contribution in [2.45, 2.75) is 38.1 Å². The Bertz CT molecular complexity index is 616. The number of piperidine rings is 1. The average molecular weight is 345 g/mol. The molecule has 2 fully saturated rings. The molecule has 1 atom stereocenters. The standard InChI is InChI=1S/C19H27N3O3/c23-19-4-1-3-17-15-5-6-18(20-16(15)7-9-22(17)19)25-12-2-8-21-10-13-24-14-11-21/h5-6,17H,1-4,7-14H2. The molecule has 136 valence electrons. The van der Waals surface area contributed by atoms with E-state index in [-0.39, 0.29) is 6.04 Å². The van der Waals surface area contributed by atoms with Gasteiger partial charge in [-0.25, -0.2) is 4.98 Å². The fraction of sp³-hybridized carbons (Fsp3) is 0.684. The number of carbonyl (C=O) groups is 1. The van der Waals surface area contributed by atoms with Crippen molar-refractivity contribution < 1.29 is 14.3 Å². The summed E-state index contributed by atoms with van der Waals surface area (Å²) in [6, 6.07) is 4.32. The summed E-state index contributed by atoms with van der Waals surface area (Å²) in [5, 5.41) is 0. The maximum absolute atomic E-state index is 12.1. The molecule has 0 spiro atoms. The van der Waals surface area contributed by atoms with Gasteiger partial charge in [-0.15, -0.1) is 0 Å². The number of hydrogen-bond acceptors (Lipinski definition) is 5. The number of ether oxygens (including phenoxy) is 2. The van der Waals surface area contributed by atoms with Gasteiger partial charge in [0.1, 0.15) is 0 Å². The normalized spacial score (nSPS) is 23.9. The molecule has 0 bridgehead atoms. The van der Waals surface area contributed by atoms with E-state index in [0.29, 0.717) is 18.9 Å². The van der Waals surface area contributed by atoms with Crippen molar-refractivity contribution in [1.82, 2.24) is 14.8 Å². The van der Waals surface area contributed by atoms with Crippen LogP contribution in [0.3, 0.4) is 0 Å². The second-order valence-corrected chi connectivity index (χ2v) is 7.09.